The Labute approximate surface area is 110 Å². The fourth-order valence-corrected chi connectivity index (χ4v) is 1.84. The SMILES string of the molecule is C=CC/C(C(=C)C)=C(\C)N=C(C)c1ccccc1. The summed E-state index contributed by atoms with van der Waals surface area (Å²) >= 11 is 0. The molecule has 0 bridgehead atoms. The van der Waals surface area contributed by atoms with Gasteiger partial charge in [-0.3, -0.25) is 4.99 Å². The first-order chi connectivity index (χ1) is 8.56. The second-order valence-corrected chi connectivity index (χ2v) is 4.40. The van der Waals surface area contributed by atoms with Gasteiger partial charge in [-0.1, -0.05) is 48.6 Å². The molecule has 1 heteroatoms. The lowest BCUT2D eigenvalue weighted by Crippen LogP contribution is -1.96. The molecule has 0 atom stereocenters. The van der Waals surface area contributed by atoms with Gasteiger partial charge >= 0.3 is 0 Å². The normalized spacial score (nSPS) is 12.9. The van der Waals surface area contributed by atoms with E-state index in [1.807, 2.05) is 45.0 Å². The number of benzene rings is 1. The molecule has 0 aromatic heterocycles. The molecule has 1 rings (SSSR count). The molecule has 0 amide bonds. The Morgan fingerprint density at radius 1 is 1.17 bits per heavy atom. The van der Waals surface area contributed by atoms with Gasteiger partial charge in [0.25, 0.3) is 0 Å². The number of allylic oxidation sites excluding steroid dienone is 4. The molecular formula is C17H21N. The topological polar surface area (TPSA) is 12.4 Å². The third-order valence-corrected chi connectivity index (χ3v) is 2.83. The minimum Gasteiger partial charge on any atom is -0.258 e. The summed E-state index contributed by atoms with van der Waals surface area (Å²) in [4.78, 5) is 4.68. The predicted molar refractivity (Wildman–Crippen MR) is 81.0 cm³/mol. The predicted octanol–water partition coefficient (Wildman–Crippen LogP) is 4.92. The number of rotatable bonds is 5. The smallest absolute Gasteiger partial charge is 0.0448 e. The number of aliphatic imine (C=N–C) groups is 1. The van der Waals surface area contributed by atoms with Crippen molar-refractivity contribution in [1.29, 1.82) is 0 Å². The molecule has 0 fully saturated rings. The molecule has 94 valence electrons. The van der Waals surface area contributed by atoms with E-state index in [1.54, 1.807) is 0 Å². The number of nitrogens with zero attached hydrogens (tertiary/aromatic N) is 1. The summed E-state index contributed by atoms with van der Waals surface area (Å²) < 4.78 is 0. The van der Waals surface area contributed by atoms with Gasteiger partial charge in [-0.05, 0) is 38.3 Å². The fourth-order valence-electron chi connectivity index (χ4n) is 1.84. The fraction of sp³-hybridized carbons (Fsp3) is 0.235. The molecule has 1 aromatic carbocycles. The van der Waals surface area contributed by atoms with Crippen LogP contribution in [0.4, 0.5) is 0 Å². The lowest BCUT2D eigenvalue weighted by molar-refractivity contribution is 1.12. The van der Waals surface area contributed by atoms with Gasteiger partial charge in [-0.25, -0.2) is 0 Å². The number of hydrogen-bond acceptors (Lipinski definition) is 1. The summed E-state index contributed by atoms with van der Waals surface area (Å²) in [6, 6.07) is 10.2. The highest BCUT2D eigenvalue weighted by atomic mass is 14.7. The van der Waals surface area contributed by atoms with Crippen LogP contribution in [0.5, 0.6) is 0 Å². The van der Waals surface area contributed by atoms with Crippen LogP contribution in [0.15, 0.2) is 71.4 Å². The molecule has 0 radical (unpaired) electrons. The summed E-state index contributed by atoms with van der Waals surface area (Å²) in [7, 11) is 0. The van der Waals surface area contributed by atoms with E-state index in [1.165, 1.54) is 5.57 Å². The van der Waals surface area contributed by atoms with Crippen LogP contribution in [0.1, 0.15) is 32.8 Å². The Morgan fingerprint density at radius 2 is 1.78 bits per heavy atom. The molecule has 0 saturated carbocycles. The van der Waals surface area contributed by atoms with E-state index in [0.717, 1.165) is 29.0 Å². The van der Waals surface area contributed by atoms with Crippen LogP contribution >= 0.6 is 0 Å². The zero-order valence-corrected chi connectivity index (χ0v) is 11.5. The van der Waals surface area contributed by atoms with Gasteiger partial charge in [-0.15, -0.1) is 6.58 Å². The van der Waals surface area contributed by atoms with Gasteiger partial charge in [-0.2, -0.15) is 0 Å². The van der Waals surface area contributed by atoms with E-state index < -0.39 is 0 Å². The lowest BCUT2D eigenvalue weighted by atomic mass is 10.0. The maximum Gasteiger partial charge on any atom is 0.0448 e. The zero-order chi connectivity index (χ0) is 13.5. The largest absolute Gasteiger partial charge is 0.258 e. The van der Waals surface area contributed by atoms with Crippen LogP contribution in [0.25, 0.3) is 0 Å². The van der Waals surface area contributed by atoms with Gasteiger partial charge in [0.05, 0.1) is 0 Å². The van der Waals surface area contributed by atoms with Gasteiger partial charge in [0.1, 0.15) is 0 Å². The first kappa shape index (κ1) is 14.2. The molecule has 0 unspecified atom stereocenters. The van der Waals surface area contributed by atoms with Crippen molar-refractivity contribution >= 4 is 5.71 Å². The van der Waals surface area contributed by atoms with Crippen LogP contribution in [0.2, 0.25) is 0 Å². The standard InChI is InChI=1S/C17H21N/c1-6-10-17(13(2)3)15(5)18-14(4)16-11-8-7-9-12-16/h6-9,11-12H,1-2,10H2,3-5H3/b17-15-,18-14?. The molecule has 18 heavy (non-hydrogen) atoms. The van der Waals surface area contributed by atoms with Crippen molar-refractivity contribution in [3.63, 3.8) is 0 Å². The number of hydrogen-bond donors (Lipinski definition) is 0. The molecule has 0 aliphatic heterocycles. The average Bonchev–Trinajstić information content (AvgIpc) is 2.36. The lowest BCUT2D eigenvalue weighted by Gasteiger charge is -2.08. The third kappa shape index (κ3) is 3.85. The summed E-state index contributed by atoms with van der Waals surface area (Å²) in [5, 5.41) is 0. The first-order valence-electron chi connectivity index (χ1n) is 6.13. The molecule has 0 spiro atoms. The minimum absolute atomic E-state index is 0.812. The summed E-state index contributed by atoms with van der Waals surface area (Å²) in [6.07, 6.45) is 2.70. The van der Waals surface area contributed by atoms with Gasteiger partial charge < -0.3 is 0 Å². The van der Waals surface area contributed by atoms with Crippen LogP contribution in [0.3, 0.4) is 0 Å². The van der Waals surface area contributed by atoms with E-state index >= 15 is 0 Å². The van der Waals surface area contributed by atoms with Crippen LogP contribution in [0, 0.1) is 0 Å². The van der Waals surface area contributed by atoms with Crippen LogP contribution in [-0.4, -0.2) is 5.71 Å². The van der Waals surface area contributed by atoms with Crippen molar-refractivity contribution in [2.75, 3.05) is 0 Å². The van der Waals surface area contributed by atoms with Crippen molar-refractivity contribution < 1.29 is 0 Å². The van der Waals surface area contributed by atoms with Crippen molar-refractivity contribution in [2.45, 2.75) is 27.2 Å². The highest BCUT2D eigenvalue weighted by Gasteiger charge is 2.02. The molecule has 0 aliphatic rings. The Balaban J connectivity index is 3.10. The molecule has 1 nitrogen and oxygen atoms in total. The molecule has 0 N–H and O–H groups in total. The van der Waals surface area contributed by atoms with E-state index in [4.69, 9.17) is 0 Å². The van der Waals surface area contributed by atoms with E-state index in [0.29, 0.717) is 0 Å². The Hall–Kier alpha value is -1.89. The van der Waals surface area contributed by atoms with Crippen molar-refractivity contribution in [3.05, 3.63) is 72.0 Å². The third-order valence-electron chi connectivity index (χ3n) is 2.83. The summed E-state index contributed by atoms with van der Waals surface area (Å²) in [5.41, 5.74) is 5.41. The molecular weight excluding hydrogens is 218 g/mol. The molecule has 1 aromatic rings. The van der Waals surface area contributed by atoms with Crippen molar-refractivity contribution in [2.24, 2.45) is 4.99 Å². The van der Waals surface area contributed by atoms with E-state index in [2.05, 4.69) is 30.3 Å². The van der Waals surface area contributed by atoms with Gasteiger partial charge in [0.15, 0.2) is 0 Å². The molecule has 0 heterocycles. The van der Waals surface area contributed by atoms with Crippen LogP contribution in [-0.2, 0) is 0 Å². The monoisotopic (exact) mass is 239 g/mol. The Kier molecular flexibility index (Phi) is 5.31. The van der Waals surface area contributed by atoms with E-state index in [9.17, 15) is 0 Å². The zero-order valence-electron chi connectivity index (χ0n) is 11.5. The second kappa shape index (κ2) is 6.75. The van der Waals surface area contributed by atoms with Crippen molar-refractivity contribution in [1.82, 2.24) is 0 Å². The second-order valence-electron chi connectivity index (χ2n) is 4.40. The minimum atomic E-state index is 0.812. The van der Waals surface area contributed by atoms with Gasteiger partial charge in [0.2, 0.25) is 0 Å². The van der Waals surface area contributed by atoms with Gasteiger partial charge in [0, 0.05) is 11.4 Å². The van der Waals surface area contributed by atoms with Crippen LogP contribution < -0.4 is 0 Å². The molecule has 0 saturated heterocycles. The summed E-state index contributed by atoms with van der Waals surface area (Å²) in [6.45, 7) is 13.8. The van der Waals surface area contributed by atoms with Crippen molar-refractivity contribution in [3.8, 4) is 0 Å². The first-order valence-corrected chi connectivity index (χ1v) is 6.13. The summed E-state index contributed by atoms with van der Waals surface area (Å²) in [5.74, 6) is 0. The average molecular weight is 239 g/mol. The molecule has 0 aliphatic carbocycles. The maximum absolute atomic E-state index is 4.68. The van der Waals surface area contributed by atoms with E-state index in [-0.39, 0.29) is 0 Å². The highest BCUT2D eigenvalue weighted by molar-refractivity contribution is 5.99. The quantitative estimate of drug-likeness (QED) is 0.393. The Bertz CT molecular complexity index is 490. The maximum atomic E-state index is 4.68. The Morgan fingerprint density at radius 3 is 2.28 bits per heavy atom. The highest BCUT2D eigenvalue weighted by Crippen LogP contribution is 2.19.